The molecule has 3 aromatic rings. The van der Waals surface area contributed by atoms with E-state index in [2.05, 4.69) is 6.92 Å². The molecule has 1 heterocycles. The minimum Gasteiger partial charge on any atom is -0.238 e. The molecular formula is C23H28ClNO2S. The van der Waals surface area contributed by atoms with Crippen LogP contribution in [0, 0.1) is 0 Å². The number of benzene rings is 2. The highest BCUT2D eigenvalue weighted by molar-refractivity contribution is 7.90. The first kappa shape index (κ1) is 20.9. The van der Waals surface area contributed by atoms with Gasteiger partial charge in [0.15, 0.2) is 0 Å². The van der Waals surface area contributed by atoms with Crippen molar-refractivity contribution < 1.29 is 8.42 Å². The zero-order valence-electron chi connectivity index (χ0n) is 16.4. The van der Waals surface area contributed by atoms with E-state index in [1.54, 1.807) is 24.3 Å². The van der Waals surface area contributed by atoms with Gasteiger partial charge in [0.2, 0.25) is 0 Å². The van der Waals surface area contributed by atoms with Crippen molar-refractivity contribution in [2.45, 2.75) is 63.2 Å². The smallest absolute Gasteiger partial charge is 0.238 e. The fraction of sp³-hybridized carbons (Fsp3) is 0.391. The molecule has 0 saturated carbocycles. The van der Waals surface area contributed by atoms with E-state index in [9.17, 15) is 8.42 Å². The van der Waals surface area contributed by atoms with Gasteiger partial charge in [-0.2, -0.15) is 0 Å². The van der Waals surface area contributed by atoms with Gasteiger partial charge in [0, 0.05) is 16.1 Å². The number of fused-ring (bicyclic) bond motifs is 1. The Balaban J connectivity index is 1.84. The van der Waals surface area contributed by atoms with Crippen LogP contribution < -0.4 is 0 Å². The third-order valence-corrected chi connectivity index (χ3v) is 7.16. The molecule has 1 aromatic heterocycles. The van der Waals surface area contributed by atoms with Crippen LogP contribution in [0.1, 0.15) is 57.6 Å². The second-order valence-corrected chi connectivity index (χ2v) is 9.51. The Labute approximate surface area is 173 Å². The number of hydrogen-bond donors (Lipinski definition) is 0. The predicted octanol–water partition coefficient (Wildman–Crippen LogP) is 6.82. The molecule has 0 fully saturated rings. The Hall–Kier alpha value is -1.78. The van der Waals surface area contributed by atoms with Crippen molar-refractivity contribution >= 4 is 32.5 Å². The number of unbranched alkanes of at least 4 members (excludes halogenated alkanes) is 6. The second-order valence-electron chi connectivity index (χ2n) is 7.29. The molecular weight excluding hydrogens is 390 g/mol. The van der Waals surface area contributed by atoms with Crippen LogP contribution >= 0.6 is 11.6 Å². The monoisotopic (exact) mass is 417 g/mol. The summed E-state index contributed by atoms with van der Waals surface area (Å²) in [7, 11) is -3.67. The van der Waals surface area contributed by atoms with E-state index in [0.29, 0.717) is 5.02 Å². The number of hydrogen-bond acceptors (Lipinski definition) is 2. The molecule has 150 valence electrons. The van der Waals surface area contributed by atoms with Gasteiger partial charge in [-0.15, -0.1) is 0 Å². The summed E-state index contributed by atoms with van der Waals surface area (Å²) in [4.78, 5) is 0.263. The predicted molar refractivity (Wildman–Crippen MR) is 118 cm³/mol. The fourth-order valence-corrected chi connectivity index (χ4v) is 5.31. The van der Waals surface area contributed by atoms with Crippen molar-refractivity contribution in [2.75, 3.05) is 0 Å². The number of aryl methyl sites for hydroxylation is 1. The Bertz CT molecular complexity index is 1010. The molecule has 0 atom stereocenters. The summed E-state index contributed by atoms with van der Waals surface area (Å²) in [5.74, 6) is 0. The number of nitrogens with zero attached hydrogens (tertiary/aromatic N) is 1. The van der Waals surface area contributed by atoms with Gasteiger partial charge >= 0.3 is 0 Å². The first-order valence-electron chi connectivity index (χ1n) is 10.1. The zero-order chi connectivity index (χ0) is 20.0. The van der Waals surface area contributed by atoms with E-state index < -0.39 is 10.0 Å². The molecule has 2 aromatic carbocycles. The van der Waals surface area contributed by atoms with Gasteiger partial charge in [0.05, 0.1) is 10.4 Å². The highest BCUT2D eigenvalue weighted by Gasteiger charge is 2.22. The molecule has 5 heteroatoms. The number of halogens is 1. The average molecular weight is 418 g/mol. The summed E-state index contributed by atoms with van der Waals surface area (Å²) < 4.78 is 28.3. The fourth-order valence-electron chi connectivity index (χ4n) is 3.62. The highest BCUT2D eigenvalue weighted by Crippen LogP contribution is 2.27. The molecule has 0 aliphatic heterocycles. The van der Waals surface area contributed by atoms with Gasteiger partial charge in [-0.3, -0.25) is 0 Å². The first-order valence-corrected chi connectivity index (χ1v) is 12.0. The highest BCUT2D eigenvalue weighted by atomic mass is 35.5. The summed E-state index contributed by atoms with van der Waals surface area (Å²) in [5.41, 5.74) is 1.58. The molecule has 0 saturated heterocycles. The van der Waals surface area contributed by atoms with Crippen LogP contribution in [0.5, 0.6) is 0 Å². The number of aromatic nitrogens is 1. The van der Waals surface area contributed by atoms with Crippen molar-refractivity contribution in [3.8, 4) is 0 Å². The normalized spacial score (nSPS) is 11.9. The molecule has 0 amide bonds. The van der Waals surface area contributed by atoms with Gasteiger partial charge in [0.1, 0.15) is 0 Å². The van der Waals surface area contributed by atoms with Gasteiger partial charge in [0.25, 0.3) is 10.0 Å². The van der Waals surface area contributed by atoms with Crippen LogP contribution in [0.3, 0.4) is 0 Å². The van der Waals surface area contributed by atoms with Crippen LogP contribution in [-0.4, -0.2) is 12.4 Å². The lowest BCUT2D eigenvalue weighted by atomic mass is 10.1. The molecule has 0 spiro atoms. The van der Waals surface area contributed by atoms with Crippen molar-refractivity contribution in [3.05, 3.63) is 65.3 Å². The summed E-state index contributed by atoms with van der Waals surface area (Å²) in [6.45, 7) is 2.22. The number of para-hydroxylation sites is 1. The van der Waals surface area contributed by atoms with E-state index in [0.717, 1.165) is 35.9 Å². The molecule has 3 nitrogen and oxygen atoms in total. The molecule has 0 N–H and O–H groups in total. The minimum absolute atomic E-state index is 0.263. The maximum atomic E-state index is 13.4. The molecule has 0 unspecified atom stereocenters. The summed E-state index contributed by atoms with van der Waals surface area (Å²) in [6, 6.07) is 16.1. The van der Waals surface area contributed by atoms with Gasteiger partial charge in [-0.1, -0.05) is 75.2 Å². The molecule has 3 rings (SSSR count). The van der Waals surface area contributed by atoms with Gasteiger partial charge in [-0.25, -0.2) is 12.4 Å². The second kappa shape index (κ2) is 9.62. The maximum absolute atomic E-state index is 13.4. The first-order chi connectivity index (χ1) is 13.5. The number of rotatable bonds is 10. The Morgan fingerprint density at radius 3 is 2.21 bits per heavy atom. The van der Waals surface area contributed by atoms with E-state index in [1.165, 1.54) is 36.1 Å². The van der Waals surface area contributed by atoms with Crippen LogP contribution in [0.4, 0.5) is 0 Å². The molecule has 0 bridgehead atoms. The third kappa shape index (κ3) is 4.79. The molecule has 28 heavy (non-hydrogen) atoms. The lowest BCUT2D eigenvalue weighted by Crippen LogP contribution is -2.15. The van der Waals surface area contributed by atoms with E-state index >= 15 is 0 Å². The van der Waals surface area contributed by atoms with Gasteiger partial charge < -0.3 is 0 Å². The van der Waals surface area contributed by atoms with E-state index in [-0.39, 0.29) is 4.90 Å². The quantitative estimate of drug-likeness (QED) is 0.339. The largest absolute Gasteiger partial charge is 0.268 e. The molecule has 0 aliphatic rings. The SMILES string of the molecule is CCCCCCCCCc1cc2ccccc2n1S(=O)(=O)c1ccc(Cl)cc1. The van der Waals surface area contributed by atoms with Crippen molar-refractivity contribution in [3.63, 3.8) is 0 Å². The average Bonchev–Trinajstić information content (AvgIpc) is 3.06. The Morgan fingerprint density at radius 1 is 0.857 bits per heavy atom. The Morgan fingerprint density at radius 2 is 1.50 bits per heavy atom. The van der Waals surface area contributed by atoms with Crippen molar-refractivity contribution in [1.82, 2.24) is 3.97 Å². The van der Waals surface area contributed by atoms with Crippen LogP contribution in [0.25, 0.3) is 10.9 Å². The Kier molecular flexibility index (Phi) is 7.19. The van der Waals surface area contributed by atoms with Crippen LogP contribution in [-0.2, 0) is 16.4 Å². The minimum atomic E-state index is -3.67. The van der Waals surface area contributed by atoms with E-state index in [4.69, 9.17) is 11.6 Å². The lowest BCUT2D eigenvalue weighted by molar-refractivity contribution is 0.577. The van der Waals surface area contributed by atoms with Crippen LogP contribution in [0.2, 0.25) is 5.02 Å². The van der Waals surface area contributed by atoms with Crippen LogP contribution in [0.15, 0.2) is 59.5 Å². The summed E-state index contributed by atoms with van der Waals surface area (Å²) >= 11 is 5.94. The third-order valence-electron chi connectivity index (χ3n) is 5.13. The topological polar surface area (TPSA) is 39.1 Å². The standard InChI is InChI=1S/C23H28ClNO2S/c1-2-3-4-5-6-7-8-12-21-18-19-11-9-10-13-23(19)25(21)28(26,27)22-16-14-20(24)15-17-22/h9-11,13-18H,2-8,12H2,1H3. The molecule has 0 aliphatic carbocycles. The van der Waals surface area contributed by atoms with Gasteiger partial charge in [-0.05, 0) is 49.2 Å². The summed E-state index contributed by atoms with van der Waals surface area (Å²) in [5, 5.41) is 1.48. The molecule has 0 radical (unpaired) electrons. The lowest BCUT2D eigenvalue weighted by Gasteiger charge is -2.12. The van der Waals surface area contributed by atoms with E-state index in [1.807, 2.05) is 30.3 Å². The van der Waals surface area contributed by atoms with Crippen molar-refractivity contribution in [1.29, 1.82) is 0 Å². The van der Waals surface area contributed by atoms with Crippen molar-refractivity contribution in [2.24, 2.45) is 0 Å². The summed E-state index contributed by atoms with van der Waals surface area (Å²) in [6.07, 6.45) is 9.21. The zero-order valence-corrected chi connectivity index (χ0v) is 18.0. The maximum Gasteiger partial charge on any atom is 0.268 e.